The largest absolute Gasteiger partial charge is 0.493 e. The first-order valence-corrected chi connectivity index (χ1v) is 5.23. The van der Waals surface area contributed by atoms with E-state index in [-0.39, 0.29) is 5.54 Å². The molecule has 0 aliphatic heterocycles. The first-order chi connectivity index (χ1) is 6.68. The molecule has 2 nitrogen and oxygen atoms in total. The Labute approximate surface area is 89.0 Å². The van der Waals surface area contributed by atoms with Crippen LogP contribution in [0.3, 0.4) is 0 Å². The lowest BCUT2D eigenvalue weighted by atomic mass is 10.2. The van der Waals surface area contributed by atoms with Crippen molar-refractivity contribution in [2.75, 3.05) is 6.61 Å². The molecule has 1 aromatic carbocycles. The van der Waals surface area contributed by atoms with Gasteiger partial charge in [-0.1, -0.05) is 17.7 Å². The number of halogens is 1. The van der Waals surface area contributed by atoms with E-state index >= 15 is 0 Å². The molecule has 0 amide bonds. The summed E-state index contributed by atoms with van der Waals surface area (Å²) in [6, 6.07) is 7.44. The number of benzene rings is 1. The van der Waals surface area contributed by atoms with E-state index in [1.807, 2.05) is 24.3 Å². The third kappa shape index (κ3) is 2.63. The van der Waals surface area contributed by atoms with E-state index in [9.17, 15) is 0 Å². The molecule has 3 heteroatoms. The lowest BCUT2D eigenvalue weighted by Crippen LogP contribution is -2.24. The summed E-state index contributed by atoms with van der Waals surface area (Å²) in [5.41, 5.74) is 6.00. The first-order valence-electron chi connectivity index (χ1n) is 4.85. The summed E-state index contributed by atoms with van der Waals surface area (Å²) in [6.07, 6.45) is 3.19. The minimum atomic E-state index is 0.0680. The van der Waals surface area contributed by atoms with Crippen molar-refractivity contribution in [1.29, 1.82) is 0 Å². The van der Waals surface area contributed by atoms with Crippen LogP contribution in [0.1, 0.15) is 19.3 Å². The van der Waals surface area contributed by atoms with Crippen LogP contribution in [0.5, 0.6) is 5.75 Å². The Morgan fingerprint density at radius 1 is 1.43 bits per heavy atom. The molecule has 2 rings (SSSR count). The molecule has 0 aromatic heterocycles. The smallest absolute Gasteiger partial charge is 0.120 e. The lowest BCUT2D eigenvalue weighted by Gasteiger charge is -2.10. The molecular formula is C11H14ClNO. The van der Waals surface area contributed by atoms with Gasteiger partial charge >= 0.3 is 0 Å². The summed E-state index contributed by atoms with van der Waals surface area (Å²) in [7, 11) is 0. The summed E-state index contributed by atoms with van der Waals surface area (Å²) < 4.78 is 5.54. The number of nitrogens with two attached hydrogens (primary N) is 1. The van der Waals surface area contributed by atoms with E-state index in [0.29, 0.717) is 11.6 Å². The topological polar surface area (TPSA) is 35.2 Å². The molecule has 1 aliphatic carbocycles. The van der Waals surface area contributed by atoms with Gasteiger partial charge in [0, 0.05) is 10.6 Å². The van der Waals surface area contributed by atoms with Crippen LogP contribution in [-0.4, -0.2) is 12.1 Å². The van der Waals surface area contributed by atoms with E-state index < -0.39 is 0 Å². The van der Waals surface area contributed by atoms with E-state index in [0.717, 1.165) is 25.0 Å². The minimum Gasteiger partial charge on any atom is -0.493 e. The molecule has 1 saturated carbocycles. The quantitative estimate of drug-likeness (QED) is 0.831. The third-order valence-electron chi connectivity index (χ3n) is 2.56. The molecule has 1 aliphatic rings. The fourth-order valence-corrected chi connectivity index (χ4v) is 1.52. The lowest BCUT2D eigenvalue weighted by molar-refractivity contribution is 0.293. The Morgan fingerprint density at radius 2 is 2.21 bits per heavy atom. The number of hydrogen-bond acceptors (Lipinski definition) is 2. The minimum absolute atomic E-state index is 0.0680. The van der Waals surface area contributed by atoms with Crippen molar-refractivity contribution in [3.05, 3.63) is 29.3 Å². The number of rotatable bonds is 4. The molecule has 1 aromatic rings. The van der Waals surface area contributed by atoms with Crippen LogP contribution < -0.4 is 10.5 Å². The third-order valence-corrected chi connectivity index (χ3v) is 2.79. The Morgan fingerprint density at radius 3 is 2.86 bits per heavy atom. The van der Waals surface area contributed by atoms with Crippen LogP contribution in [0, 0.1) is 0 Å². The monoisotopic (exact) mass is 211 g/mol. The van der Waals surface area contributed by atoms with Crippen LogP contribution in [-0.2, 0) is 0 Å². The summed E-state index contributed by atoms with van der Waals surface area (Å²) in [5, 5.41) is 0.705. The molecule has 2 N–H and O–H groups in total. The Kier molecular flexibility index (Phi) is 2.66. The second kappa shape index (κ2) is 3.79. The van der Waals surface area contributed by atoms with E-state index in [2.05, 4.69) is 0 Å². The highest BCUT2D eigenvalue weighted by Gasteiger charge is 2.37. The molecule has 0 saturated heterocycles. The Hall–Kier alpha value is -0.730. The van der Waals surface area contributed by atoms with Gasteiger partial charge < -0.3 is 10.5 Å². The van der Waals surface area contributed by atoms with Gasteiger partial charge in [0.25, 0.3) is 0 Å². The van der Waals surface area contributed by atoms with Gasteiger partial charge in [0.1, 0.15) is 5.75 Å². The summed E-state index contributed by atoms with van der Waals surface area (Å²) in [6.45, 7) is 0.677. The van der Waals surface area contributed by atoms with Crippen molar-refractivity contribution in [1.82, 2.24) is 0 Å². The molecule has 0 unspecified atom stereocenters. The van der Waals surface area contributed by atoms with Gasteiger partial charge in [-0.25, -0.2) is 0 Å². The van der Waals surface area contributed by atoms with Crippen LogP contribution in [0.15, 0.2) is 24.3 Å². The first kappa shape index (κ1) is 9.81. The van der Waals surface area contributed by atoms with Gasteiger partial charge in [-0.2, -0.15) is 0 Å². The molecule has 0 heterocycles. The number of ether oxygens (including phenoxy) is 1. The van der Waals surface area contributed by atoms with E-state index in [1.54, 1.807) is 0 Å². The van der Waals surface area contributed by atoms with Gasteiger partial charge in [0.05, 0.1) is 6.61 Å². The van der Waals surface area contributed by atoms with E-state index in [4.69, 9.17) is 22.1 Å². The summed E-state index contributed by atoms with van der Waals surface area (Å²) >= 11 is 5.82. The van der Waals surface area contributed by atoms with E-state index in [1.165, 1.54) is 0 Å². The molecule has 0 spiro atoms. The predicted molar refractivity (Wildman–Crippen MR) is 57.7 cm³/mol. The molecular weight excluding hydrogens is 198 g/mol. The predicted octanol–water partition coefficient (Wildman–Crippen LogP) is 2.60. The fraction of sp³-hybridized carbons (Fsp3) is 0.455. The maximum absolute atomic E-state index is 5.93. The zero-order valence-electron chi connectivity index (χ0n) is 8.00. The number of hydrogen-bond donors (Lipinski definition) is 1. The zero-order chi connectivity index (χ0) is 10.0. The van der Waals surface area contributed by atoms with Crippen molar-refractivity contribution >= 4 is 11.6 Å². The van der Waals surface area contributed by atoms with Crippen molar-refractivity contribution in [3.63, 3.8) is 0 Å². The second-order valence-corrected chi connectivity index (χ2v) is 4.35. The SMILES string of the molecule is NC1(CCOc2cccc(Cl)c2)CC1. The van der Waals surface area contributed by atoms with Crippen LogP contribution >= 0.6 is 11.6 Å². The highest BCUT2D eigenvalue weighted by atomic mass is 35.5. The Balaban J connectivity index is 1.80. The standard InChI is InChI=1S/C11H14ClNO/c12-9-2-1-3-10(8-9)14-7-6-11(13)4-5-11/h1-3,8H,4-7,13H2. The molecule has 0 atom stereocenters. The normalized spacial score (nSPS) is 17.9. The molecule has 14 heavy (non-hydrogen) atoms. The highest BCUT2D eigenvalue weighted by molar-refractivity contribution is 6.30. The maximum atomic E-state index is 5.93. The van der Waals surface area contributed by atoms with Gasteiger partial charge in [-0.05, 0) is 37.5 Å². The molecule has 0 bridgehead atoms. The van der Waals surface area contributed by atoms with Crippen LogP contribution in [0.2, 0.25) is 5.02 Å². The van der Waals surface area contributed by atoms with Crippen molar-refractivity contribution < 1.29 is 4.74 Å². The van der Waals surface area contributed by atoms with Crippen LogP contribution in [0.25, 0.3) is 0 Å². The van der Waals surface area contributed by atoms with Crippen LogP contribution in [0.4, 0.5) is 0 Å². The van der Waals surface area contributed by atoms with Gasteiger partial charge in [-0.3, -0.25) is 0 Å². The molecule has 76 valence electrons. The van der Waals surface area contributed by atoms with Gasteiger partial charge in [0.15, 0.2) is 0 Å². The molecule has 0 radical (unpaired) electrons. The van der Waals surface area contributed by atoms with Gasteiger partial charge in [-0.15, -0.1) is 0 Å². The molecule has 1 fully saturated rings. The summed E-state index contributed by atoms with van der Waals surface area (Å²) in [5.74, 6) is 0.821. The van der Waals surface area contributed by atoms with Crippen molar-refractivity contribution in [3.8, 4) is 5.75 Å². The fourth-order valence-electron chi connectivity index (χ4n) is 1.34. The zero-order valence-corrected chi connectivity index (χ0v) is 8.76. The average molecular weight is 212 g/mol. The average Bonchev–Trinajstić information content (AvgIpc) is 2.84. The highest BCUT2D eigenvalue weighted by Crippen LogP contribution is 2.35. The summed E-state index contributed by atoms with van der Waals surface area (Å²) in [4.78, 5) is 0. The van der Waals surface area contributed by atoms with Crippen molar-refractivity contribution in [2.45, 2.75) is 24.8 Å². The Bertz CT molecular complexity index is 323. The second-order valence-electron chi connectivity index (χ2n) is 3.92. The maximum Gasteiger partial charge on any atom is 0.120 e. The van der Waals surface area contributed by atoms with Crippen molar-refractivity contribution in [2.24, 2.45) is 5.73 Å². The van der Waals surface area contributed by atoms with Gasteiger partial charge in [0.2, 0.25) is 0 Å².